The summed E-state index contributed by atoms with van der Waals surface area (Å²) < 4.78 is 0.634. The third-order valence-electron chi connectivity index (χ3n) is 2.61. The number of pyridine rings is 1. The Morgan fingerprint density at radius 2 is 2.38 bits per heavy atom. The van der Waals surface area contributed by atoms with Crippen LogP contribution < -0.4 is 4.90 Å². The fourth-order valence-electron chi connectivity index (χ4n) is 1.74. The van der Waals surface area contributed by atoms with Gasteiger partial charge in [0.15, 0.2) is 0 Å². The van der Waals surface area contributed by atoms with E-state index in [0.29, 0.717) is 16.3 Å². The number of nitro groups is 1. The first-order chi connectivity index (χ1) is 7.63. The van der Waals surface area contributed by atoms with Crippen LogP contribution in [0.15, 0.2) is 16.7 Å². The van der Waals surface area contributed by atoms with Crippen LogP contribution in [0, 0.1) is 10.1 Å². The minimum Gasteiger partial charge on any atom is -0.348 e. The van der Waals surface area contributed by atoms with Gasteiger partial charge in [0.1, 0.15) is 0 Å². The molecule has 0 aliphatic heterocycles. The van der Waals surface area contributed by atoms with E-state index in [1.807, 2.05) is 11.8 Å². The van der Waals surface area contributed by atoms with E-state index in [1.54, 1.807) is 6.20 Å². The van der Waals surface area contributed by atoms with Crippen molar-refractivity contribution in [3.63, 3.8) is 0 Å². The zero-order valence-electron chi connectivity index (χ0n) is 8.89. The molecule has 1 aliphatic rings. The van der Waals surface area contributed by atoms with E-state index in [9.17, 15) is 10.1 Å². The average Bonchev–Trinajstić information content (AvgIpc) is 3.05. The van der Waals surface area contributed by atoms with E-state index in [4.69, 9.17) is 0 Å². The van der Waals surface area contributed by atoms with Crippen molar-refractivity contribution in [1.29, 1.82) is 0 Å². The van der Waals surface area contributed by atoms with Crippen molar-refractivity contribution >= 4 is 27.4 Å². The average molecular weight is 286 g/mol. The van der Waals surface area contributed by atoms with Crippen molar-refractivity contribution in [3.8, 4) is 0 Å². The van der Waals surface area contributed by atoms with Gasteiger partial charge in [-0.1, -0.05) is 0 Å². The predicted octanol–water partition coefficient (Wildman–Crippen LogP) is 2.74. The predicted molar refractivity (Wildman–Crippen MR) is 64.6 cm³/mol. The van der Waals surface area contributed by atoms with Crippen molar-refractivity contribution in [2.75, 3.05) is 11.4 Å². The van der Waals surface area contributed by atoms with E-state index >= 15 is 0 Å². The second kappa shape index (κ2) is 4.37. The molecule has 0 unspecified atom stereocenters. The molecule has 2 rings (SSSR count). The molecule has 0 bridgehead atoms. The molecule has 0 N–H and O–H groups in total. The van der Waals surface area contributed by atoms with E-state index in [0.717, 1.165) is 19.4 Å². The highest BCUT2D eigenvalue weighted by atomic mass is 79.9. The first-order valence-corrected chi connectivity index (χ1v) is 5.99. The summed E-state index contributed by atoms with van der Waals surface area (Å²) in [6, 6.07) is 1.94. The molecule has 1 saturated carbocycles. The van der Waals surface area contributed by atoms with Crippen LogP contribution in [0.2, 0.25) is 0 Å². The van der Waals surface area contributed by atoms with Crippen LogP contribution in [0.3, 0.4) is 0 Å². The lowest BCUT2D eigenvalue weighted by Crippen LogP contribution is -2.26. The molecule has 1 heterocycles. The summed E-state index contributed by atoms with van der Waals surface area (Å²) in [6.07, 6.45) is 3.80. The zero-order chi connectivity index (χ0) is 11.7. The molecule has 0 saturated heterocycles. The molecule has 5 nitrogen and oxygen atoms in total. The largest absolute Gasteiger partial charge is 0.348 e. The molecule has 1 aromatic rings. The van der Waals surface area contributed by atoms with E-state index in [-0.39, 0.29) is 10.6 Å². The lowest BCUT2D eigenvalue weighted by Gasteiger charge is -2.20. The minimum atomic E-state index is -0.377. The summed E-state index contributed by atoms with van der Waals surface area (Å²) in [6.45, 7) is 2.74. The van der Waals surface area contributed by atoms with Gasteiger partial charge in [0, 0.05) is 29.3 Å². The first kappa shape index (κ1) is 11.3. The lowest BCUT2D eigenvalue weighted by molar-refractivity contribution is -0.384. The Kier molecular flexibility index (Phi) is 3.09. The Hall–Kier alpha value is -1.17. The highest BCUT2D eigenvalue weighted by Crippen LogP contribution is 2.36. The van der Waals surface area contributed by atoms with E-state index < -0.39 is 0 Å². The van der Waals surface area contributed by atoms with Crippen LogP contribution in [0.5, 0.6) is 0 Å². The normalized spacial score (nSPS) is 14.9. The van der Waals surface area contributed by atoms with Crippen LogP contribution in [0.1, 0.15) is 19.8 Å². The molecule has 0 spiro atoms. The quantitative estimate of drug-likeness (QED) is 0.630. The summed E-state index contributed by atoms with van der Waals surface area (Å²) in [7, 11) is 0. The van der Waals surface area contributed by atoms with Crippen molar-refractivity contribution in [3.05, 3.63) is 26.9 Å². The smallest absolute Gasteiger partial charge is 0.312 e. The standard InChI is InChI=1S/C10H12BrN3O2/c1-2-13(8-3-4-8)10-9(14(15)16)5-7(11)6-12-10/h5-6,8H,2-4H2,1H3. The Bertz CT molecular complexity index is 421. The van der Waals surface area contributed by atoms with E-state index in [1.165, 1.54) is 6.07 Å². The van der Waals surface area contributed by atoms with Crippen molar-refractivity contribution in [2.45, 2.75) is 25.8 Å². The molecule has 0 aromatic carbocycles. The van der Waals surface area contributed by atoms with Gasteiger partial charge in [-0.05, 0) is 35.7 Å². The monoisotopic (exact) mass is 285 g/mol. The van der Waals surface area contributed by atoms with E-state index in [2.05, 4.69) is 20.9 Å². The molecule has 1 aromatic heterocycles. The summed E-state index contributed by atoms with van der Waals surface area (Å²) in [4.78, 5) is 16.8. The molecule has 16 heavy (non-hydrogen) atoms. The van der Waals surface area contributed by atoms with Crippen molar-refractivity contribution < 1.29 is 4.92 Å². The maximum Gasteiger partial charge on any atom is 0.312 e. The van der Waals surface area contributed by atoms with Gasteiger partial charge in [0.2, 0.25) is 5.82 Å². The SMILES string of the molecule is CCN(c1ncc(Br)cc1[N+](=O)[O-])C1CC1. The maximum atomic E-state index is 11.0. The van der Waals surface area contributed by atoms with Gasteiger partial charge >= 0.3 is 5.69 Å². The van der Waals surface area contributed by atoms with Crippen molar-refractivity contribution in [2.24, 2.45) is 0 Å². The molecular weight excluding hydrogens is 274 g/mol. The second-order valence-electron chi connectivity index (χ2n) is 3.77. The summed E-state index contributed by atoms with van der Waals surface area (Å²) in [5, 5.41) is 11.0. The van der Waals surface area contributed by atoms with Crippen LogP contribution >= 0.6 is 15.9 Å². The fourth-order valence-corrected chi connectivity index (χ4v) is 2.06. The third kappa shape index (κ3) is 2.16. The van der Waals surface area contributed by atoms with Crippen LogP contribution in [0.25, 0.3) is 0 Å². The van der Waals surface area contributed by atoms with Gasteiger partial charge in [0.25, 0.3) is 0 Å². The zero-order valence-corrected chi connectivity index (χ0v) is 10.5. The Morgan fingerprint density at radius 1 is 1.69 bits per heavy atom. The molecule has 1 fully saturated rings. The highest BCUT2D eigenvalue weighted by Gasteiger charge is 2.33. The molecule has 6 heteroatoms. The number of hydrogen-bond acceptors (Lipinski definition) is 4. The van der Waals surface area contributed by atoms with Crippen LogP contribution in [0.4, 0.5) is 11.5 Å². The number of anilines is 1. The maximum absolute atomic E-state index is 11.0. The topological polar surface area (TPSA) is 59.3 Å². The number of aromatic nitrogens is 1. The van der Waals surface area contributed by atoms with Gasteiger partial charge in [-0.2, -0.15) is 0 Å². The molecule has 0 radical (unpaired) electrons. The van der Waals surface area contributed by atoms with Gasteiger partial charge in [-0.3, -0.25) is 10.1 Å². The van der Waals surface area contributed by atoms with Crippen LogP contribution in [-0.2, 0) is 0 Å². The molecule has 0 atom stereocenters. The number of rotatable bonds is 4. The Morgan fingerprint density at radius 3 is 2.88 bits per heavy atom. The van der Waals surface area contributed by atoms with Crippen LogP contribution in [-0.4, -0.2) is 22.5 Å². The molecule has 1 aliphatic carbocycles. The number of nitrogens with zero attached hydrogens (tertiary/aromatic N) is 3. The third-order valence-corrected chi connectivity index (χ3v) is 3.04. The minimum absolute atomic E-state index is 0.0723. The Labute approximate surface area is 102 Å². The lowest BCUT2D eigenvalue weighted by atomic mass is 10.3. The summed E-state index contributed by atoms with van der Waals surface area (Å²) in [5.74, 6) is 0.484. The first-order valence-electron chi connectivity index (χ1n) is 5.20. The Balaban J connectivity index is 2.41. The molecule has 86 valence electrons. The summed E-state index contributed by atoms with van der Waals surface area (Å²) in [5.41, 5.74) is 0.0723. The number of halogens is 1. The summed E-state index contributed by atoms with van der Waals surface area (Å²) >= 11 is 3.20. The van der Waals surface area contributed by atoms with Gasteiger partial charge in [-0.25, -0.2) is 4.98 Å². The number of hydrogen-bond donors (Lipinski definition) is 0. The fraction of sp³-hybridized carbons (Fsp3) is 0.500. The van der Waals surface area contributed by atoms with Crippen molar-refractivity contribution in [1.82, 2.24) is 4.98 Å². The van der Waals surface area contributed by atoms with Gasteiger partial charge in [-0.15, -0.1) is 0 Å². The molecular formula is C10H12BrN3O2. The highest BCUT2D eigenvalue weighted by molar-refractivity contribution is 9.10. The van der Waals surface area contributed by atoms with Gasteiger partial charge in [0.05, 0.1) is 4.92 Å². The van der Waals surface area contributed by atoms with Gasteiger partial charge < -0.3 is 4.90 Å². The second-order valence-corrected chi connectivity index (χ2v) is 4.69. The molecule has 0 amide bonds.